The third-order valence-electron chi connectivity index (χ3n) is 5.66. The van der Waals surface area contributed by atoms with Gasteiger partial charge < -0.3 is 20.7 Å². The lowest BCUT2D eigenvalue weighted by atomic mass is 10.2. The van der Waals surface area contributed by atoms with Gasteiger partial charge in [0.2, 0.25) is 5.06 Å². The molecule has 3 heterocycles. The van der Waals surface area contributed by atoms with Gasteiger partial charge in [-0.05, 0) is 43.2 Å². The monoisotopic (exact) mass is 457 g/mol. The van der Waals surface area contributed by atoms with Crippen molar-refractivity contribution in [2.45, 2.75) is 25.8 Å². The zero-order valence-corrected chi connectivity index (χ0v) is 19.4. The molecule has 0 bridgehead atoms. The number of benzene rings is 2. The van der Waals surface area contributed by atoms with Gasteiger partial charge in [0.25, 0.3) is 0 Å². The van der Waals surface area contributed by atoms with Gasteiger partial charge in [0.1, 0.15) is 17.3 Å². The Bertz CT molecular complexity index is 1210. The molecule has 0 saturated carbocycles. The van der Waals surface area contributed by atoms with Crippen molar-refractivity contribution in [1.82, 2.24) is 9.97 Å². The standard InChI is InChI=1S/C26H27N5OS/c1-2-24-30-25(18-6-4-3-5-7-18)26(33-24)32-22-12-14-28-23(16-22)29-20-8-10-21(11-9-20)31-15-13-19(27)17-31/h3-12,14,16,19H,2,13,15,17,27H2,1H3,(H,28,29). The first-order chi connectivity index (χ1) is 16.2. The molecule has 0 aliphatic carbocycles. The fourth-order valence-electron chi connectivity index (χ4n) is 3.92. The summed E-state index contributed by atoms with van der Waals surface area (Å²) in [4.78, 5) is 11.6. The zero-order valence-electron chi connectivity index (χ0n) is 18.6. The summed E-state index contributed by atoms with van der Waals surface area (Å²) in [5.74, 6) is 1.45. The molecule has 1 aliphatic heterocycles. The Labute approximate surface area is 198 Å². The van der Waals surface area contributed by atoms with Crippen LogP contribution in [-0.4, -0.2) is 29.1 Å². The number of hydrogen-bond donors (Lipinski definition) is 2. The van der Waals surface area contributed by atoms with E-state index in [4.69, 9.17) is 15.5 Å². The van der Waals surface area contributed by atoms with Crippen LogP contribution in [0.1, 0.15) is 18.4 Å². The van der Waals surface area contributed by atoms with Crippen molar-refractivity contribution in [3.05, 3.63) is 77.9 Å². The van der Waals surface area contributed by atoms with Crippen molar-refractivity contribution in [1.29, 1.82) is 0 Å². The molecule has 168 valence electrons. The Morgan fingerprint density at radius 3 is 2.67 bits per heavy atom. The molecule has 2 aromatic carbocycles. The molecule has 1 aliphatic rings. The van der Waals surface area contributed by atoms with Crippen LogP contribution in [0.2, 0.25) is 0 Å². The molecule has 7 heteroatoms. The summed E-state index contributed by atoms with van der Waals surface area (Å²) in [6.45, 7) is 4.03. The average molecular weight is 458 g/mol. The van der Waals surface area contributed by atoms with E-state index in [0.29, 0.717) is 0 Å². The van der Waals surface area contributed by atoms with E-state index in [0.717, 1.165) is 64.5 Å². The maximum absolute atomic E-state index is 6.28. The summed E-state index contributed by atoms with van der Waals surface area (Å²) in [5, 5.41) is 5.22. The lowest BCUT2D eigenvalue weighted by Gasteiger charge is -2.18. The molecular formula is C26H27N5OS. The second kappa shape index (κ2) is 9.60. The van der Waals surface area contributed by atoms with E-state index in [2.05, 4.69) is 58.5 Å². The number of aryl methyl sites for hydroxylation is 1. The number of aromatic nitrogens is 2. The number of anilines is 3. The smallest absolute Gasteiger partial charge is 0.208 e. The van der Waals surface area contributed by atoms with E-state index in [1.807, 2.05) is 30.3 Å². The van der Waals surface area contributed by atoms with Crippen LogP contribution in [0.3, 0.4) is 0 Å². The number of ether oxygens (including phenoxy) is 1. The first-order valence-electron chi connectivity index (χ1n) is 11.2. The van der Waals surface area contributed by atoms with Gasteiger partial charge in [-0.25, -0.2) is 9.97 Å². The summed E-state index contributed by atoms with van der Waals surface area (Å²) < 4.78 is 6.28. The molecule has 0 amide bonds. The number of hydrogen-bond acceptors (Lipinski definition) is 7. The summed E-state index contributed by atoms with van der Waals surface area (Å²) in [6.07, 6.45) is 3.67. The fourth-order valence-corrected chi connectivity index (χ4v) is 4.82. The second-order valence-electron chi connectivity index (χ2n) is 8.11. The minimum absolute atomic E-state index is 0.268. The van der Waals surface area contributed by atoms with E-state index in [9.17, 15) is 0 Å². The van der Waals surface area contributed by atoms with Gasteiger partial charge in [0, 0.05) is 48.3 Å². The van der Waals surface area contributed by atoms with Gasteiger partial charge in [0.15, 0.2) is 0 Å². The number of thiazole rings is 1. The van der Waals surface area contributed by atoms with Crippen LogP contribution in [-0.2, 0) is 6.42 Å². The van der Waals surface area contributed by atoms with E-state index < -0.39 is 0 Å². The Morgan fingerprint density at radius 2 is 1.94 bits per heavy atom. The number of pyridine rings is 1. The van der Waals surface area contributed by atoms with E-state index in [1.165, 1.54) is 5.69 Å². The first kappa shape index (κ1) is 21.4. The predicted molar refractivity (Wildman–Crippen MR) is 136 cm³/mol. The van der Waals surface area contributed by atoms with Crippen LogP contribution in [0.15, 0.2) is 72.9 Å². The topological polar surface area (TPSA) is 76.3 Å². The van der Waals surface area contributed by atoms with Crippen molar-refractivity contribution in [2.24, 2.45) is 5.73 Å². The summed E-state index contributed by atoms with van der Waals surface area (Å²) in [6, 6.07) is 22.6. The fraction of sp³-hybridized carbons (Fsp3) is 0.231. The van der Waals surface area contributed by atoms with Crippen LogP contribution in [0.5, 0.6) is 10.8 Å². The molecule has 6 nitrogen and oxygen atoms in total. The zero-order chi connectivity index (χ0) is 22.6. The van der Waals surface area contributed by atoms with Crippen molar-refractivity contribution >= 4 is 28.5 Å². The summed E-state index contributed by atoms with van der Waals surface area (Å²) in [7, 11) is 0. The highest BCUT2D eigenvalue weighted by molar-refractivity contribution is 7.14. The minimum Gasteiger partial charge on any atom is -0.444 e. The van der Waals surface area contributed by atoms with Gasteiger partial charge in [-0.3, -0.25) is 0 Å². The van der Waals surface area contributed by atoms with Crippen LogP contribution >= 0.6 is 11.3 Å². The normalized spacial score (nSPS) is 15.6. The number of rotatable bonds is 7. The summed E-state index contributed by atoms with van der Waals surface area (Å²) >= 11 is 1.59. The third-order valence-corrected chi connectivity index (χ3v) is 6.74. The molecule has 0 radical (unpaired) electrons. The molecule has 1 atom stereocenters. The lowest BCUT2D eigenvalue weighted by Crippen LogP contribution is -2.26. The van der Waals surface area contributed by atoms with Gasteiger partial charge in [0.05, 0.1) is 5.01 Å². The van der Waals surface area contributed by atoms with Gasteiger partial charge in [-0.15, -0.1) is 0 Å². The highest BCUT2D eigenvalue weighted by Gasteiger charge is 2.19. The van der Waals surface area contributed by atoms with Gasteiger partial charge in [-0.1, -0.05) is 48.6 Å². The predicted octanol–water partition coefficient (Wildman–Crippen LogP) is 5.84. The molecule has 3 N–H and O–H groups in total. The molecule has 2 aromatic heterocycles. The molecule has 33 heavy (non-hydrogen) atoms. The number of nitrogens with two attached hydrogens (primary N) is 1. The van der Waals surface area contributed by atoms with Gasteiger partial charge in [-0.2, -0.15) is 0 Å². The van der Waals surface area contributed by atoms with Crippen molar-refractivity contribution in [3.8, 4) is 22.1 Å². The highest BCUT2D eigenvalue weighted by atomic mass is 32.1. The van der Waals surface area contributed by atoms with E-state index >= 15 is 0 Å². The van der Waals surface area contributed by atoms with Crippen LogP contribution in [0.25, 0.3) is 11.3 Å². The largest absolute Gasteiger partial charge is 0.444 e. The van der Waals surface area contributed by atoms with Crippen LogP contribution in [0.4, 0.5) is 17.2 Å². The highest BCUT2D eigenvalue weighted by Crippen LogP contribution is 2.39. The molecule has 5 rings (SSSR count). The molecule has 1 fully saturated rings. The number of nitrogens with zero attached hydrogens (tertiary/aromatic N) is 3. The SMILES string of the molecule is CCc1nc(-c2ccccc2)c(Oc2ccnc(Nc3ccc(N4CCC(N)C4)cc3)c2)s1. The average Bonchev–Trinajstić information content (AvgIpc) is 3.46. The molecule has 0 spiro atoms. The quantitative estimate of drug-likeness (QED) is 0.363. The first-order valence-corrected chi connectivity index (χ1v) is 12.1. The lowest BCUT2D eigenvalue weighted by molar-refractivity contribution is 0.496. The van der Waals surface area contributed by atoms with E-state index in [1.54, 1.807) is 17.5 Å². The maximum Gasteiger partial charge on any atom is 0.208 e. The Hall–Kier alpha value is -3.42. The van der Waals surface area contributed by atoms with Crippen molar-refractivity contribution in [3.63, 3.8) is 0 Å². The van der Waals surface area contributed by atoms with Crippen molar-refractivity contribution < 1.29 is 4.74 Å². The minimum atomic E-state index is 0.268. The van der Waals surface area contributed by atoms with Crippen LogP contribution in [0, 0.1) is 0 Å². The Balaban J connectivity index is 1.32. The Kier molecular flexibility index (Phi) is 6.24. The van der Waals surface area contributed by atoms with Crippen LogP contribution < -0.4 is 20.7 Å². The maximum atomic E-state index is 6.28. The second-order valence-corrected chi connectivity index (χ2v) is 9.15. The van der Waals surface area contributed by atoms with Gasteiger partial charge >= 0.3 is 0 Å². The molecule has 1 unspecified atom stereocenters. The number of nitrogens with one attached hydrogen (secondary N) is 1. The molecule has 1 saturated heterocycles. The van der Waals surface area contributed by atoms with E-state index in [-0.39, 0.29) is 6.04 Å². The van der Waals surface area contributed by atoms with Crippen molar-refractivity contribution in [2.75, 3.05) is 23.3 Å². The summed E-state index contributed by atoms with van der Waals surface area (Å²) in [5.41, 5.74) is 10.1. The molecule has 4 aromatic rings. The Morgan fingerprint density at radius 1 is 1.12 bits per heavy atom. The molecular weight excluding hydrogens is 430 g/mol. The third kappa shape index (κ3) is 4.99.